The molecule has 27 heavy (non-hydrogen) atoms. The molecule has 0 unspecified atom stereocenters. The first-order valence-electron chi connectivity index (χ1n) is 9.58. The summed E-state index contributed by atoms with van der Waals surface area (Å²) in [5.74, 6) is 0.406. The molecule has 7 heteroatoms. The lowest BCUT2D eigenvalue weighted by molar-refractivity contribution is -0.149. The van der Waals surface area contributed by atoms with Crippen LogP contribution in [0.2, 0.25) is 0 Å². The number of nitrogens with one attached hydrogen (secondary N) is 1. The van der Waals surface area contributed by atoms with E-state index in [1.165, 1.54) is 12.1 Å². The van der Waals surface area contributed by atoms with Gasteiger partial charge < -0.3 is 19.9 Å². The van der Waals surface area contributed by atoms with Gasteiger partial charge in [0.1, 0.15) is 5.82 Å². The molecule has 1 saturated heterocycles. The standard InChI is InChI=1S/C20H31FN4O2/c1-4-27-19(26)17-6-5-12-25(15-17)20(22-2)23-11-13-24(3)14-16-7-9-18(21)10-8-16/h7-10,17H,4-6,11-15H2,1-3H3,(H,22,23)/t17-/m1/s1. The van der Waals surface area contributed by atoms with Gasteiger partial charge in [-0.15, -0.1) is 0 Å². The number of carbonyl (C=O) groups excluding carboxylic acids is 1. The maximum atomic E-state index is 13.0. The van der Waals surface area contributed by atoms with Crippen LogP contribution in [0.4, 0.5) is 4.39 Å². The Morgan fingerprint density at radius 2 is 2.15 bits per heavy atom. The van der Waals surface area contributed by atoms with Crippen molar-refractivity contribution in [2.75, 3.05) is 46.9 Å². The molecule has 0 spiro atoms. The summed E-state index contributed by atoms with van der Waals surface area (Å²) in [5.41, 5.74) is 1.08. The quantitative estimate of drug-likeness (QED) is 0.447. The summed E-state index contributed by atoms with van der Waals surface area (Å²) in [7, 11) is 3.80. The van der Waals surface area contributed by atoms with Crippen LogP contribution in [-0.4, -0.2) is 68.6 Å². The normalized spacial score (nSPS) is 17.9. The van der Waals surface area contributed by atoms with Gasteiger partial charge in [0.05, 0.1) is 12.5 Å². The fourth-order valence-corrected chi connectivity index (χ4v) is 3.29. The van der Waals surface area contributed by atoms with E-state index in [0.29, 0.717) is 13.2 Å². The minimum absolute atomic E-state index is 0.0848. The van der Waals surface area contributed by atoms with Gasteiger partial charge in [-0.05, 0) is 44.5 Å². The van der Waals surface area contributed by atoms with Crippen molar-refractivity contribution >= 4 is 11.9 Å². The molecular weight excluding hydrogens is 347 g/mol. The van der Waals surface area contributed by atoms with Crippen LogP contribution in [0, 0.1) is 11.7 Å². The number of hydrogen-bond acceptors (Lipinski definition) is 4. The minimum Gasteiger partial charge on any atom is -0.466 e. The predicted octanol–water partition coefficient (Wildman–Crippen LogP) is 2.11. The van der Waals surface area contributed by atoms with E-state index in [0.717, 1.165) is 50.5 Å². The number of hydrogen-bond donors (Lipinski definition) is 1. The monoisotopic (exact) mass is 378 g/mol. The van der Waals surface area contributed by atoms with Crippen molar-refractivity contribution in [2.45, 2.75) is 26.3 Å². The highest BCUT2D eigenvalue weighted by Crippen LogP contribution is 2.18. The van der Waals surface area contributed by atoms with Crippen LogP contribution < -0.4 is 5.32 Å². The number of benzene rings is 1. The van der Waals surface area contributed by atoms with E-state index in [-0.39, 0.29) is 17.7 Å². The highest BCUT2D eigenvalue weighted by molar-refractivity contribution is 5.81. The van der Waals surface area contributed by atoms with Gasteiger partial charge in [0, 0.05) is 39.8 Å². The lowest BCUT2D eigenvalue weighted by atomic mass is 9.98. The Hall–Kier alpha value is -2.15. The second-order valence-corrected chi connectivity index (χ2v) is 6.88. The zero-order chi connectivity index (χ0) is 19.6. The molecule has 0 saturated carbocycles. The van der Waals surface area contributed by atoms with Gasteiger partial charge in [-0.2, -0.15) is 0 Å². The van der Waals surface area contributed by atoms with Crippen LogP contribution in [0.3, 0.4) is 0 Å². The average Bonchev–Trinajstić information content (AvgIpc) is 2.67. The molecule has 150 valence electrons. The van der Waals surface area contributed by atoms with Crippen LogP contribution >= 0.6 is 0 Å². The van der Waals surface area contributed by atoms with E-state index in [1.807, 2.05) is 14.0 Å². The largest absolute Gasteiger partial charge is 0.466 e. The van der Waals surface area contributed by atoms with Gasteiger partial charge in [0.15, 0.2) is 5.96 Å². The number of ether oxygens (including phenoxy) is 1. The first kappa shape index (κ1) is 21.2. The molecule has 1 aliphatic heterocycles. The topological polar surface area (TPSA) is 57.2 Å². The molecular formula is C20H31FN4O2. The van der Waals surface area contributed by atoms with Crippen molar-refractivity contribution in [2.24, 2.45) is 10.9 Å². The third-order valence-electron chi connectivity index (χ3n) is 4.70. The first-order chi connectivity index (χ1) is 13.0. The molecule has 0 radical (unpaired) electrons. The predicted molar refractivity (Wildman–Crippen MR) is 105 cm³/mol. The number of esters is 1. The molecule has 1 heterocycles. The van der Waals surface area contributed by atoms with Gasteiger partial charge in [-0.3, -0.25) is 9.79 Å². The summed E-state index contributed by atoms with van der Waals surface area (Å²) >= 11 is 0. The fourth-order valence-electron chi connectivity index (χ4n) is 3.29. The smallest absolute Gasteiger partial charge is 0.310 e. The number of likely N-dealkylation sites (tertiary alicyclic amines) is 1. The summed E-state index contributed by atoms with van der Waals surface area (Å²) in [6, 6.07) is 6.59. The average molecular weight is 378 g/mol. The van der Waals surface area contributed by atoms with Gasteiger partial charge in [0.2, 0.25) is 0 Å². The van der Waals surface area contributed by atoms with Crippen molar-refractivity contribution in [3.63, 3.8) is 0 Å². The summed E-state index contributed by atoms with van der Waals surface area (Å²) in [6.45, 7) is 6.11. The third kappa shape index (κ3) is 6.82. The number of nitrogens with zero attached hydrogens (tertiary/aromatic N) is 3. The van der Waals surface area contributed by atoms with E-state index < -0.39 is 0 Å². The van der Waals surface area contributed by atoms with Crippen LogP contribution in [0.5, 0.6) is 0 Å². The van der Waals surface area contributed by atoms with E-state index in [9.17, 15) is 9.18 Å². The molecule has 0 amide bonds. The number of carbonyl (C=O) groups is 1. The molecule has 6 nitrogen and oxygen atoms in total. The third-order valence-corrected chi connectivity index (χ3v) is 4.70. The Morgan fingerprint density at radius 1 is 1.41 bits per heavy atom. The molecule has 1 aromatic carbocycles. The maximum absolute atomic E-state index is 13.0. The van der Waals surface area contributed by atoms with Crippen LogP contribution in [0.15, 0.2) is 29.3 Å². The molecule has 1 aromatic rings. The SMILES string of the molecule is CCOC(=O)[C@@H]1CCCN(C(=NC)NCCN(C)Cc2ccc(F)cc2)C1. The Bertz CT molecular complexity index is 621. The van der Waals surface area contributed by atoms with E-state index in [1.54, 1.807) is 19.2 Å². The first-order valence-corrected chi connectivity index (χ1v) is 9.58. The van der Waals surface area contributed by atoms with Gasteiger partial charge in [0.25, 0.3) is 0 Å². The molecule has 0 aliphatic carbocycles. The van der Waals surface area contributed by atoms with Gasteiger partial charge in [-0.25, -0.2) is 4.39 Å². The van der Waals surface area contributed by atoms with Gasteiger partial charge >= 0.3 is 5.97 Å². The highest BCUT2D eigenvalue weighted by Gasteiger charge is 2.28. The Labute approximate surface area is 161 Å². The van der Waals surface area contributed by atoms with Crippen molar-refractivity contribution in [3.05, 3.63) is 35.6 Å². The molecule has 1 aliphatic rings. The van der Waals surface area contributed by atoms with Crippen LogP contribution in [0.1, 0.15) is 25.3 Å². The highest BCUT2D eigenvalue weighted by atomic mass is 19.1. The number of piperidine rings is 1. The minimum atomic E-state index is -0.213. The maximum Gasteiger partial charge on any atom is 0.310 e. The summed E-state index contributed by atoms with van der Waals surface area (Å²) < 4.78 is 18.1. The van der Waals surface area contributed by atoms with Crippen LogP contribution in [-0.2, 0) is 16.1 Å². The van der Waals surface area contributed by atoms with E-state index >= 15 is 0 Å². The molecule has 0 bridgehead atoms. The molecule has 1 atom stereocenters. The van der Waals surface area contributed by atoms with Crippen molar-refractivity contribution in [1.82, 2.24) is 15.1 Å². The summed E-state index contributed by atoms with van der Waals surface area (Å²) in [6.07, 6.45) is 1.82. The summed E-state index contributed by atoms with van der Waals surface area (Å²) in [5, 5.41) is 3.38. The number of halogens is 1. The molecule has 0 aromatic heterocycles. The lowest BCUT2D eigenvalue weighted by Gasteiger charge is -2.34. The van der Waals surface area contributed by atoms with E-state index in [2.05, 4.69) is 20.1 Å². The second kappa shape index (κ2) is 10.9. The second-order valence-electron chi connectivity index (χ2n) is 6.88. The fraction of sp³-hybridized carbons (Fsp3) is 0.600. The molecule has 1 N–H and O–H groups in total. The van der Waals surface area contributed by atoms with Crippen molar-refractivity contribution < 1.29 is 13.9 Å². The zero-order valence-electron chi connectivity index (χ0n) is 16.6. The summed E-state index contributed by atoms with van der Waals surface area (Å²) in [4.78, 5) is 20.7. The van der Waals surface area contributed by atoms with Gasteiger partial charge in [-0.1, -0.05) is 12.1 Å². The number of guanidine groups is 1. The molecule has 1 fully saturated rings. The van der Waals surface area contributed by atoms with Crippen molar-refractivity contribution in [3.8, 4) is 0 Å². The number of aliphatic imine (C=N–C) groups is 1. The number of rotatable bonds is 7. The lowest BCUT2D eigenvalue weighted by Crippen LogP contribution is -2.49. The zero-order valence-corrected chi connectivity index (χ0v) is 16.6. The molecule has 2 rings (SSSR count). The van der Waals surface area contributed by atoms with E-state index in [4.69, 9.17) is 4.74 Å². The van der Waals surface area contributed by atoms with Crippen LogP contribution in [0.25, 0.3) is 0 Å². The van der Waals surface area contributed by atoms with Crippen molar-refractivity contribution in [1.29, 1.82) is 0 Å². The Balaban J connectivity index is 1.77. The number of likely N-dealkylation sites (N-methyl/N-ethyl adjacent to an activating group) is 1. The Morgan fingerprint density at radius 3 is 2.81 bits per heavy atom. The Kier molecular flexibility index (Phi) is 8.51.